The number of fused-ring (bicyclic) bond motifs is 1. The zero-order chi connectivity index (χ0) is 43.7. The second-order valence-electron chi connectivity index (χ2n) is 16.5. The molecule has 1 N–H and O–H groups in total. The van der Waals surface area contributed by atoms with Crippen LogP contribution in [-0.4, -0.2) is 133 Å². The second kappa shape index (κ2) is 29.9. The summed E-state index contributed by atoms with van der Waals surface area (Å²) in [5, 5.41) is 3.67. The Kier molecular flexibility index (Phi) is 25.2. The zero-order valence-electron chi connectivity index (χ0n) is 37.0. The Morgan fingerprint density at radius 3 is 2.18 bits per heavy atom. The Morgan fingerprint density at radius 2 is 1.52 bits per heavy atom. The fraction of sp³-hybridized carbons (Fsp3) is 0.822. The first-order valence-electron chi connectivity index (χ1n) is 22.7. The van der Waals surface area contributed by atoms with Crippen LogP contribution in [0.1, 0.15) is 98.3 Å². The van der Waals surface area contributed by atoms with Crippen LogP contribution in [0.5, 0.6) is 0 Å². The lowest BCUT2D eigenvalue weighted by atomic mass is 9.65. The van der Waals surface area contributed by atoms with Crippen molar-refractivity contribution >= 4 is 45.6 Å². The highest BCUT2D eigenvalue weighted by Crippen LogP contribution is 2.45. The van der Waals surface area contributed by atoms with E-state index in [1.807, 2.05) is 35.4 Å². The van der Waals surface area contributed by atoms with Crippen LogP contribution in [0.15, 0.2) is 23.8 Å². The van der Waals surface area contributed by atoms with Crippen molar-refractivity contribution in [3.05, 3.63) is 23.8 Å². The molecule has 0 aromatic heterocycles. The predicted molar refractivity (Wildman–Crippen MR) is 235 cm³/mol. The Morgan fingerprint density at radius 1 is 0.852 bits per heavy atom. The molecule has 2 heterocycles. The smallest absolute Gasteiger partial charge is 0.462 e. The average molecular weight is 900 g/mol. The molecule has 2 aliphatic heterocycles. The maximum Gasteiger partial charge on any atom is 0.508 e. The Bertz CT molecular complexity index is 1360. The number of allylic oxidation sites excluding steroid dienone is 3. The molecule has 0 saturated carbocycles. The number of rotatable bonds is 30. The molecule has 2 aliphatic carbocycles. The third-order valence-corrected chi connectivity index (χ3v) is 14.6. The number of ether oxygens (including phenoxy) is 9. The summed E-state index contributed by atoms with van der Waals surface area (Å²) in [4.78, 5) is 49.7. The van der Waals surface area contributed by atoms with Crippen LogP contribution in [0.4, 0.5) is 4.79 Å². The van der Waals surface area contributed by atoms with Crippen molar-refractivity contribution < 1.29 is 61.8 Å². The predicted octanol–water partition coefficient (Wildman–Crippen LogP) is 7.27. The standard InChI is InChI=1S/C45H73NO13S2/c1-5-33(3)44(49)59-40-29-32(2)28-35-11-10-34(4)39(43(35)40)13-12-36-30-37(31-42(48)57-36)58-45(50)56-26-25-55-24-23-54-22-21-53-20-19-52-18-17-51-16-15-46-41(47)9-7-6-8-38-14-27-60-61-38/h10-11,28,32-34,36-40,43H,5-9,12-27,29-31H2,1-4H3,(H,46,47). The summed E-state index contributed by atoms with van der Waals surface area (Å²) in [5.41, 5.74) is 1.22. The van der Waals surface area contributed by atoms with E-state index in [1.165, 1.54) is 24.2 Å². The fourth-order valence-electron chi connectivity index (χ4n) is 8.05. The van der Waals surface area contributed by atoms with Gasteiger partial charge in [-0.15, -0.1) is 0 Å². The molecule has 0 radical (unpaired) electrons. The van der Waals surface area contributed by atoms with Crippen LogP contribution in [0.2, 0.25) is 0 Å². The maximum absolute atomic E-state index is 12.8. The molecule has 1 amide bonds. The number of carbonyl (C=O) groups excluding carboxylic acids is 4. The molecule has 4 rings (SSSR count). The molecular formula is C45H73NO13S2. The van der Waals surface area contributed by atoms with Gasteiger partial charge in [-0.3, -0.25) is 14.4 Å². The van der Waals surface area contributed by atoms with E-state index in [0.717, 1.165) is 37.4 Å². The highest BCUT2D eigenvalue weighted by atomic mass is 33.1. The first kappa shape index (κ1) is 51.3. The Hall–Kier alpha value is -2.34. The van der Waals surface area contributed by atoms with Crippen LogP contribution in [0.3, 0.4) is 0 Å². The molecule has 61 heavy (non-hydrogen) atoms. The van der Waals surface area contributed by atoms with Gasteiger partial charge in [0.05, 0.1) is 78.4 Å². The maximum atomic E-state index is 12.8. The molecule has 0 aromatic rings. The van der Waals surface area contributed by atoms with Crippen molar-refractivity contribution in [3.63, 3.8) is 0 Å². The highest BCUT2D eigenvalue weighted by molar-refractivity contribution is 8.77. The van der Waals surface area contributed by atoms with Crippen molar-refractivity contribution in [1.82, 2.24) is 5.32 Å². The minimum Gasteiger partial charge on any atom is -0.462 e. The lowest BCUT2D eigenvalue weighted by Gasteiger charge is -2.43. The van der Waals surface area contributed by atoms with Gasteiger partial charge in [0.15, 0.2) is 0 Å². The summed E-state index contributed by atoms with van der Waals surface area (Å²) in [6.07, 6.45) is 13.1. The van der Waals surface area contributed by atoms with Crippen molar-refractivity contribution in [2.24, 2.45) is 29.6 Å². The molecule has 2 fully saturated rings. The summed E-state index contributed by atoms with van der Waals surface area (Å²) in [6, 6.07) is 0. The zero-order valence-corrected chi connectivity index (χ0v) is 38.7. The number of cyclic esters (lactones) is 1. The van der Waals surface area contributed by atoms with E-state index in [4.69, 9.17) is 42.6 Å². The number of hydrogen-bond acceptors (Lipinski definition) is 15. The monoisotopic (exact) mass is 899 g/mol. The SMILES string of the molecule is CCC(C)C(=O)OC1CC(C)C=C2C=CC(C)C(CCC3CC(OC(=O)OCCOCCOCCOCCOCCOCCNC(=O)CCCCC4CCSS4)CC(=O)O3)C21. The topological polar surface area (TPSA) is 163 Å². The van der Waals surface area contributed by atoms with E-state index in [0.29, 0.717) is 91.2 Å². The van der Waals surface area contributed by atoms with Crippen LogP contribution in [0.25, 0.3) is 0 Å². The van der Waals surface area contributed by atoms with Gasteiger partial charge in [0.25, 0.3) is 0 Å². The third-order valence-electron chi connectivity index (χ3n) is 11.6. The Balaban J connectivity index is 0.944. The lowest BCUT2D eigenvalue weighted by Crippen LogP contribution is -2.42. The number of nitrogens with one attached hydrogen (secondary N) is 1. The minimum atomic E-state index is -0.843. The number of unbranched alkanes of at least 4 members (excludes halogenated alkanes) is 1. The van der Waals surface area contributed by atoms with Crippen molar-refractivity contribution in [3.8, 4) is 0 Å². The highest BCUT2D eigenvalue weighted by Gasteiger charge is 2.42. The molecule has 0 spiro atoms. The average Bonchev–Trinajstić information content (AvgIpc) is 3.76. The van der Waals surface area contributed by atoms with Crippen molar-refractivity contribution in [2.45, 2.75) is 122 Å². The van der Waals surface area contributed by atoms with Crippen LogP contribution in [0, 0.1) is 29.6 Å². The van der Waals surface area contributed by atoms with Gasteiger partial charge in [-0.25, -0.2) is 4.79 Å². The van der Waals surface area contributed by atoms with Crippen LogP contribution < -0.4 is 5.32 Å². The van der Waals surface area contributed by atoms with Crippen LogP contribution >= 0.6 is 21.6 Å². The van der Waals surface area contributed by atoms with Gasteiger partial charge in [0.1, 0.15) is 24.9 Å². The first-order chi connectivity index (χ1) is 29.6. The summed E-state index contributed by atoms with van der Waals surface area (Å²) in [6.45, 7) is 12.7. The van der Waals surface area contributed by atoms with Gasteiger partial charge in [0, 0.05) is 36.3 Å². The van der Waals surface area contributed by atoms with Crippen molar-refractivity contribution in [1.29, 1.82) is 0 Å². The van der Waals surface area contributed by atoms with Gasteiger partial charge >= 0.3 is 18.1 Å². The lowest BCUT2D eigenvalue weighted by molar-refractivity contribution is -0.163. The molecule has 16 heteroatoms. The van der Waals surface area contributed by atoms with E-state index in [1.54, 1.807) is 0 Å². The quantitative estimate of drug-likeness (QED) is 0.0331. The normalized spacial score (nSPS) is 26.5. The molecule has 9 unspecified atom stereocenters. The van der Waals surface area contributed by atoms with Gasteiger partial charge in [-0.1, -0.05) is 73.9 Å². The molecule has 0 bridgehead atoms. The first-order valence-corrected chi connectivity index (χ1v) is 25.1. The van der Waals surface area contributed by atoms with E-state index in [9.17, 15) is 19.2 Å². The summed E-state index contributed by atoms with van der Waals surface area (Å²) in [5.74, 6) is 1.54. The molecule has 9 atom stereocenters. The molecule has 0 aromatic carbocycles. The van der Waals surface area contributed by atoms with E-state index in [-0.39, 0.29) is 67.4 Å². The molecule has 4 aliphatic rings. The van der Waals surface area contributed by atoms with Gasteiger partial charge in [0.2, 0.25) is 5.91 Å². The van der Waals surface area contributed by atoms with Gasteiger partial charge < -0.3 is 47.9 Å². The number of carbonyl (C=O) groups is 4. The molecule has 348 valence electrons. The number of esters is 2. The van der Waals surface area contributed by atoms with Crippen molar-refractivity contribution in [2.75, 3.05) is 85.0 Å². The number of hydrogen-bond donors (Lipinski definition) is 1. The van der Waals surface area contributed by atoms with Gasteiger partial charge in [-0.05, 0) is 68.3 Å². The van der Waals surface area contributed by atoms with E-state index < -0.39 is 18.2 Å². The molecule has 2 saturated heterocycles. The van der Waals surface area contributed by atoms with Crippen LogP contribution in [-0.2, 0) is 57.0 Å². The third kappa shape index (κ3) is 20.4. The number of amides is 1. The largest absolute Gasteiger partial charge is 0.508 e. The molecule has 14 nitrogen and oxygen atoms in total. The second-order valence-corrected chi connectivity index (χ2v) is 19.3. The fourth-order valence-corrected chi connectivity index (χ4v) is 11.1. The minimum absolute atomic E-state index is 0.00904. The summed E-state index contributed by atoms with van der Waals surface area (Å²) >= 11 is 0. The van der Waals surface area contributed by atoms with E-state index in [2.05, 4.69) is 37.4 Å². The summed E-state index contributed by atoms with van der Waals surface area (Å²) in [7, 11) is 3.95. The molecular weight excluding hydrogens is 827 g/mol. The van der Waals surface area contributed by atoms with E-state index >= 15 is 0 Å². The summed E-state index contributed by atoms with van der Waals surface area (Å²) < 4.78 is 50.1. The Labute approximate surface area is 371 Å². The van der Waals surface area contributed by atoms with Gasteiger partial charge in [-0.2, -0.15) is 0 Å².